The minimum absolute atomic E-state index is 0.0454. The quantitative estimate of drug-likeness (QED) is 0.208. The van der Waals surface area contributed by atoms with Crippen LogP contribution in [0.3, 0.4) is 0 Å². The van der Waals surface area contributed by atoms with Crippen LogP contribution < -0.4 is 0 Å². The molecule has 0 radical (unpaired) electrons. The van der Waals surface area contributed by atoms with Crippen molar-refractivity contribution in [1.29, 1.82) is 0 Å². The molecular weight excluding hydrogens is 384 g/mol. The highest BCUT2D eigenvalue weighted by Crippen LogP contribution is 2.09. The van der Waals surface area contributed by atoms with Gasteiger partial charge >= 0.3 is 22.3 Å². The highest BCUT2D eigenvalue weighted by molar-refractivity contribution is 7.82. The number of hydrogen-bond donors (Lipinski definition) is 0. The van der Waals surface area contributed by atoms with Crippen LogP contribution in [-0.4, -0.2) is 33.6 Å². The molecule has 0 spiro atoms. The zero-order valence-corrected chi connectivity index (χ0v) is 18.5. The van der Waals surface area contributed by atoms with Crippen molar-refractivity contribution in [2.24, 2.45) is 11.8 Å². The Hall–Kier alpha value is -1.41. The van der Waals surface area contributed by atoms with Gasteiger partial charge in [0.05, 0.1) is 13.2 Å². The lowest BCUT2D eigenvalue weighted by Crippen LogP contribution is -2.15. The number of hydrogen-bond acceptors (Lipinski definition) is 7. The Morgan fingerprint density at radius 2 is 1.25 bits per heavy atom. The van der Waals surface area contributed by atoms with Gasteiger partial charge in [0.25, 0.3) is 0 Å². The first kappa shape index (κ1) is 26.6. The fourth-order valence-corrected chi connectivity index (χ4v) is 2.96. The average Bonchev–Trinajstić information content (AvgIpc) is 2.58. The molecule has 0 saturated carbocycles. The summed E-state index contributed by atoms with van der Waals surface area (Å²) in [6, 6.07) is 0. The van der Waals surface area contributed by atoms with Crippen molar-refractivity contribution in [2.45, 2.75) is 79.1 Å². The summed E-state index contributed by atoms with van der Waals surface area (Å²) in [6.07, 6.45) is 8.93. The van der Waals surface area contributed by atoms with Gasteiger partial charge < -0.3 is 8.92 Å². The molecule has 0 aliphatic heterocycles. The van der Waals surface area contributed by atoms with Crippen molar-refractivity contribution in [1.82, 2.24) is 0 Å². The van der Waals surface area contributed by atoms with E-state index < -0.39 is 22.3 Å². The summed E-state index contributed by atoms with van der Waals surface area (Å²) in [5.74, 6) is -0.659. The van der Waals surface area contributed by atoms with Crippen LogP contribution in [-0.2, 0) is 33.1 Å². The number of esters is 1. The molecule has 0 saturated heterocycles. The molecule has 0 fully saturated rings. The maximum atomic E-state index is 11.5. The third-order valence-corrected chi connectivity index (χ3v) is 4.69. The number of ether oxygens (including phenoxy) is 1. The first-order valence-electron chi connectivity index (χ1n) is 10.1. The topological polar surface area (TPSA) is 96.0 Å². The number of carbonyl (C=O) groups excluding carboxylic acids is 2. The second kappa shape index (κ2) is 15.5. The van der Waals surface area contributed by atoms with Gasteiger partial charge in [0.2, 0.25) is 0 Å². The van der Waals surface area contributed by atoms with Crippen molar-refractivity contribution in [3.05, 3.63) is 12.2 Å². The Balaban J connectivity index is 3.92. The Morgan fingerprint density at radius 3 is 1.79 bits per heavy atom. The lowest BCUT2D eigenvalue weighted by atomic mass is 10.1. The van der Waals surface area contributed by atoms with E-state index in [0.29, 0.717) is 24.3 Å². The maximum absolute atomic E-state index is 11.5. The van der Waals surface area contributed by atoms with E-state index >= 15 is 0 Å². The van der Waals surface area contributed by atoms with Gasteiger partial charge in [0.1, 0.15) is 0 Å². The van der Waals surface area contributed by atoms with Crippen molar-refractivity contribution >= 4 is 22.3 Å². The number of unbranched alkanes of at least 4 members (excludes halogenated alkanes) is 4. The summed E-state index contributed by atoms with van der Waals surface area (Å²) in [6.45, 7) is 8.77. The lowest BCUT2D eigenvalue weighted by molar-refractivity contribution is -0.138. The van der Waals surface area contributed by atoms with Gasteiger partial charge in [-0.2, -0.15) is 8.42 Å². The smallest absolute Gasteiger partial charge is 0.451 e. The molecule has 0 aliphatic rings. The van der Waals surface area contributed by atoms with Gasteiger partial charge in [-0.25, -0.2) is 13.8 Å². The third-order valence-electron chi connectivity index (χ3n) is 3.86. The molecule has 0 unspecified atom stereocenters. The molecule has 0 aromatic carbocycles. The van der Waals surface area contributed by atoms with Gasteiger partial charge in [0, 0.05) is 12.2 Å². The van der Waals surface area contributed by atoms with E-state index in [9.17, 15) is 18.0 Å². The summed E-state index contributed by atoms with van der Waals surface area (Å²) in [4.78, 5) is 23.0. The maximum Gasteiger partial charge on any atom is 0.451 e. The first-order chi connectivity index (χ1) is 13.1. The molecule has 0 aliphatic carbocycles. The van der Waals surface area contributed by atoms with Gasteiger partial charge in [0.15, 0.2) is 0 Å². The predicted octanol–water partition coefficient (Wildman–Crippen LogP) is 4.32. The highest BCUT2D eigenvalue weighted by atomic mass is 32.3. The minimum atomic E-state index is -4.42. The highest BCUT2D eigenvalue weighted by Gasteiger charge is 2.16. The first-order valence-corrected chi connectivity index (χ1v) is 11.4. The van der Waals surface area contributed by atoms with Gasteiger partial charge in [-0.1, -0.05) is 66.2 Å². The SMILES string of the molecule is CC(C)CCCCCOC(=O)C=CC(=O)OS(=O)(=O)OCCCCCC(C)C. The number of carbonyl (C=O) groups is 2. The standard InChI is InChI=1S/C20H36O7S/c1-17(2)11-7-5-9-15-25-19(21)13-14-20(22)27-28(23,24)26-16-10-6-8-12-18(3)4/h13-14,17-18H,5-12,15-16H2,1-4H3. The summed E-state index contributed by atoms with van der Waals surface area (Å²) < 4.78 is 36.8. The molecule has 0 N–H and O–H groups in total. The normalized spacial score (nSPS) is 12.1. The minimum Gasteiger partial charge on any atom is -0.463 e. The Morgan fingerprint density at radius 1 is 0.750 bits per heavy atom. The van der Waals surface area contributed by atoms with Crippen LogP contribution in [0.1, 0.15) is 79.1 Å². The summed E-state index contributed by atoms with van der Waals surface area (Å²) in [5, 5.41) is 0. The third kappa shape index (κ3) is 18.0. The molecule has 0 atom stereocenters. The van der Waals surface area contributed by atoms with E-state index in [4.69, 9.17) is 4.74 Å². The number of rotatable bonds is 16. The van der Waals surface area contributed by atoms with Crippen molar-refractivity contribution in [3.8, 4) is 0 Å². The van der Waals surface area contributed by atoms with E-state index in [1.807, 2.05) is 0 Å². The van der Waals surface area contributed by atoms with E-state index in [1.165, 1.54) is 0 Å². The lowest BCUT2D eigenvalue weighted by Gasteiger charge is -2.06. The molecule has 7 nitrogen and oxygen atoms in total. The Labute approximate surface area is 170 Å². The predicted molar refractivity (Wildman–Crippen MR) is 108 cm³/mol. The van der Waals surface area contributed by atoms with Crippen molar-refractivity contribution in [3.63, 3.8) is 0 Å². The van der Waals surface area contributed by atoms with Crippen LogP contribution in [0.4, 0.5) is 0 Å². The van der Waals surface area contributed by atoms with Crippen LogP contribution in [0.25, 0.3) is 0 Å². The fraction of sp³-hybridized carbons (Fsp3) is 0.800. The zero-order valence-electron chi connectivity index (χ0n) is 17.6. The monoisotopic (exact) mass is 420 g/mol. The molecule has 0 heterocycles. The van der Waals surface area contributed by atoms with Crippen LogP contribution in [0.5, 0.6) is 0 Å². The van der Waals surface area contributed by atoms with Crippen LogP contribution in [0, 0.1) is 11.8 Å². The summed E-state index contributed by atoms with van der Waals surface area (Å²) in [7, 11) is -4.42. The molecule has 0 bridgehead atoms. The molecule has 0 rings (SSSR count). The van der Waals surface area contributed by atoms with Crippen molar-refractivity contribution < 1.29 is 31.1 Å². The summed E-state index contributed by atoms with van der Waals surface area (Å²) in [5.41, 5.74) is 0. The van der Waals surface area contributed by atoms with E-state index in [-0.39, 0.29) is 13.2 Å². The van der Waals surface area contributed by atoms with Crippen LogP contribution >= 0.6 is 0 Å². The Bertz CT molecular complexity index is 565. The van der Waals surface area contributed by atoms with E-state index in [1.54, 1.807) is 0 Å². The molecule has 0 aromatic heterocycles. The summed E-state index contributed by atoms with van der Waals surface area (Å²) >= 11 is 0. The van der Waals surface area contributed by atoms with Crippen LogP contribution in [0.2, 0.25) is 0 Å². The molecule has 28 heavy (non-hydrogen) atoms. The van der Waals surface area contributed by atoms with Gasteiger partial charge in [-0.3, -0.25) is 0 Å². The van der Waals surface area contributed by atoms with Crippen molar-refractivity contribution in [2.75, 3.05) is 13.2 Å². The molecule has 0 aromatic rings. The zero-order chi connectivity index (χ0) is 21.4. The van der Waals surface area contributed by atoms with Crippen LogP contribution in [0.15, 0.2) is 12.2 Å². The van der Waals surface area contributed by atoms with E-state index in [2.05, 4.69) is 36.1 Å². The largest absolute Gasteiger partial charge is 0.463 e. The molecule has 8 heteroatoms. The Kier molecular flexibility index (Phi) is 14.7. The van der Waals surface area contributed by atoms with Gasteiger partial charge in [-0.15, -0.1) is 0 Å². The van der Waals surface area contributed by atoms with Gasteiger partial charge in [-0.05, 0) is 24.7 Å². The molecule has 0 amide bonds. The van der Waals surface area contributed by atoms with E-state index in [0.717, 1.165) is 51.0 Å². The molecule has 164 valence electrons. The second-order valence-electron chi connectivity index (χ2n) is 7.62. The fourth-order valence-electron chi connectivity index (χ4n) is 2.33. The average molecular weight is 421 g/mol. The molecular formula is C20H36O7S. The second-order valence-corrected chi connectivity index (χ2v) is 8.84.